The molecule has 0 spiro atoms. The van der Waals surface area contributed by atoms with E-state index >= 15 is 0 Å². The van der Waals surface area contributed by atoms with Crippen molar-refractivity contribution in [3.63, 3.8) is 0 Å². The first-order chi connectivity index (χ1) is 26.2. The summed E-state index contributed by atoms with van der Waals surface area (Å²) in [4.78, 5) is 45.8. The number of hydrogen-bond acceptors (Lipinski definition) is 8. The van der Waals surface area contributed by atoms with Crippen molar-refractivity contribution in [2.75, 3.05) is 0 Å². The summed E-state index contributed by atoms with van der Waals surface area (Å²) < 4.78 is 20.9. The number of rotatable bonds is 12. The van der Waals surface area contributed by atoms with Crippen LogP contribution >= 0.6 is 0 Å². The van der Waals surface area contributed by atoms with Crippen LogP contribution in [0.1, 0.15) is 54.5 Å². The van der Waals surface area contributed by atoms with Crippen LogP contribution in [0.5, 0.6) is 0 Å². The third-order valence-corrected chi connectivity index (χ3v) is 9.20. The maximum atomic E-state index is 11.5. The zero-order valence-electron chi connectivity index (χ0n) is 32.2. The molecule has 0 bridgehead atoms. The molecule has 2 heterocycles. The van der Waals surface area contributed by atoms with Crippen molar-refractivity contribution < 1.29 is 70.8 Å². The van der Waals surface area contributed by atoms with Crippen LogP contribution in [0, 0.1) is 13.0 Å². The fraction of sp³-hybridized carbons (Fsp3) is 0.234. The van der Waals surface area contributed by atoms with E-state index in [0.29, 0.717) is 48.0 Å². The number of hydrogen-bond donors (Lipinski definition) is 0. The summed E-state index contributed by atoms with van der Waals surface area (Å²) >= 11 is 0. The van der Waals surface area contributed by atoms with Crippen LogP contribution in [0.15, 0.2) is 134 Å². The van der Waals surface area contributed by atoms with Gasteiger partial charge in [-0.3, -0.25) is 0 Å². The molecule has 4 aromatic carbocycles. The minimum atomic E-state index is -0.412. The van der Waals surface area contributed by atoms with Crippen molar-refractivity contribution in [1.29, 1.82) is 0 Å². The smallest absolute Gasteiger partial charge is 0.333 e. The summed E-state index contributed by atoms with van der Waals surface area (Å²) in [5, 5.41) is 0. The molecule has 2 saturated heterocycles. The quantitative estimate of drug-likeness (QED) is 0.0604. The second kappa shape index (κ2) is 20.1. The SMILES string of the molecule is C=C(C)C(=O)OCc1[c-]cc(-c2ccc(COC(=O)C(=C)C)cc2)cc1.C=C1CC(Cc2ccc(-c3ccc(CC4CC(=C)C(=O)O4)c(C)c3)cc2)OC1=O.[Y]. The van der Waals surface area contributed by atoms with Gasteiger partial charge in [-0.05, 0) is 54.2 Å². The van der Waals surface area contributed by atoms with Crippen molar-refractivity contribution in [3.05, 3.63) is 167 Å². The van der Waals surface area contributed by atoms with Gasteiger partial charge in [0.05, 0.1) is 6.61 Å². The van der Waals surface area contributed by atoms with Gasteiger partial charge in [-0.1, -0.05) is 98.6 Å². The number of cyclic esters (lactones) is 2. The summed E-state index contributed by atoms with van der Waals surface area (Å²) in [5.74, 6) is -1.36. The molecule has 0 saturated carbocycles. The van der Waals surface area contributed by atoms with E-state index < -0.39 is 11.9 Å². The largest absolute Gasteiger partial charge is 0.460 e. The summed E-state index contributed by atoms with van der Waals surface area (Å²) in [6.45, 7) is 20.3. The molecule has 6 rings (SSSR count). The van der Waals surface area contributed by atoms with Crippen molar-refractivity contribution in [1.82, 2.24) is 0 Å². The first-order valence-corrected chi connectivity index (χ1v) is 18.0. The van der Waals surface area contributed by atoms with Crippen LogP contribution in [0.3, 0.4) is 0 Å². The molecule has 4 aromatic rings. The molecule has 0 N–H and O–H groups in total. The molecular formula is C47H45O8Y-. The van der Waals surface area contributed by atoms with Gasteiger partial charge in [-0.15, -0.1) is 11.1 Å². The fourth-order valence-electron chi connectivity index (χ4n) is 6.00. The fourth-order valence-corrected chi connectivity index (χ4v) is 6.00. The standard InChI is InChI=1S/C25H24O4.C22H21O4.Y/c1-15-10-21(9-8-20(15)14-23-12-17(3)25(27)29-23)19-6-4-18(5-7-19)13-22-11-16(2)24(26)28-22;1-15(2)21(23)25-13-17-5-9-19(10-6-17)20-11-7-18(8-12-20)14-26-22(24)16(3)4;/h4-10,22-23H,2-3,11-14H2,1H3;5-7,9-12H,1,3,13-14H2,2,4H3;/q;-1;. The Morgan fingerprint density at radius 1 is 0.679 bits per heavy atom. The van der Waals surface area contributed by atoms with Crippen LogP contribution in [0.25, 0.3) is 22.3 Å². The zero-order valence-corrected chi connectivity index (χ0v) is 35.0. The average Bonchev–Trinajstić information content (AvgIpc) is 3.67. The second-order valence-electron chi connectivity index (χ2n) is 13.9. The monoisotopic (exact) mass is 826 g/mol. The Labute approximate surface area is 354 Å². The van der Waals surface area contributed by atoms with Gasteiger partial charge in [-0.25, -0.2) is 19.2 Å². The van der Waals surface area contributed by atoms with Crippen LogP contribution in [-0.2, 0) is 96.9 Å². The molecule has 8 nitrogen and oxygen atoms in total. The number of carbonyl (C=O) groups is 4. The molecular weight excluding hydrogens is 781 g/mol. The molecule has 1 radical (unpaired) electrons. The van der Waals surface area contributed by atoms with Gasteiger partial charge in [0, 0.05) is 80.7 Å². The number of esters is 4. The minimum Gasteiger partial charge on any atom is -0.460 e. The molecule has 2 fully saturated rings. The Hall–Kier alpha value is -5.18. The number of carbonyl (C=O) groups excluding carboxylic acids is 4. The van der Waals surface area contributed by atoms with E-state index in [4.69, 9.17) is 18.9 Å². The predicted octanol–water partition coefficient (Wildman–Crippen LogP) is 8.88. The Kier molecular flexibility index (Phi) is 15.7. The van der Waals surface area contributed by atoms with Crippen LogP contribution < -0.4 is 0 Å². The van der Waals surface area contributed by atoms with Gasteiger partial charge >= 0.3 is 23.9 Å². The van der Waals surface area contributed by atoms with Gasteiger partial charge in [-0.2, -0.15) is 24.3 Å². The molecule has 9 heteroatoms. The summed E-state index contributed by atoms with van der Waals surface area (Å²) in [6.07, 6.45) is 2.40. The molecule has 0 aromatic heterocycles. The van der Waals surface area contributed by atoms with Gasteiger partial charge < -0.3 is 18.9 Å². The first-order valence-electron chi connectivity index (χ1n) is 18.0. The Morgan fingerprint density at radius 3 is 1.64 bits per heavy atom. The summed E-state index contributed by atoms with van der Waals surface area (Å²) in [6, 6.07) is 31.2. The molecule has 2 aliphatic heterocycles. The van der Waals surface area contributed by atoms with Crippen LogP contribution in [0.2, 0.25) is 0 Å². The van der Waals surface area contributed by atoms with E-state index in [9.17, 15) is 19.2 Å². The molecule has 2 atom stereocenters. The summed E-state index contributed by atoms with van der Waals surface area (Å²) in [5.41, 5.74) is 11.3. The van der Waals surface area contributed by atoms with Gasteiger partial charge in [0.2, 0.25) is 0 Å². The topological polar surface area (TPSA) is 105 Å². The van der Waals surface area contributed by atoms with E-state index in [-0.39, 0.29) is 70.1 Å². The van der Waals surface area contributed by atoms with E-state index in [1.54, 1.807) is 13.8 Å². The Balaban J connectivity index is 0.000000246. The number of aryl methyl sites for hydroxylation is 1. The third-order valence-electron chi connectivity index (χ3n) is 9.20. The predicted molar refractivity (Wildman–Crippen MR) is 211 cm³/mol. The van der Waals surface area contributed by atoms with E-state index in [0.717, 1.165) is 38.9 Å². The van der Waals surface area contributed by atoms with Crippen molar-refractivity contribution in [2.45, 2.75) is 71.9 Å². The van der Waals surface area contributed by atoms with E-state index in [1.807, 2.05) is 42.5 Å². The normalized spacial score (nSPS) is 15.8. The van der Waals surface area contributed by atoms with Crippen molar-refractivity contribution in [3.8, 4) is 22.3 Å². The molecule has 2 aliphatic rings. The maximum absolute atomic E-state index is 11.5. The van der Waals surface area contributed by atoms with E-state index in [1.165, 1.54) is 11.1 Å². The van der Waals surface area contributed by atoms with Gasteiger partial charge in [0.15, 0.2) is 0 Å². The third kappa shape index (κ3) is 12.2. The minimum absolute atomic E-state index is 0. The molecule has 2 unspecified atom stereocenters. The molecule has 56 heavy (non-hydrogen) atoms. The van der Waals surface area contributed by atoms with Gasteiger partial charge in [0.1, 0.15) is 18.8 Å². The van der Waals surface area contributed by atoms with Crippen LogP contribution in [0.4, 0.5) is 0 Å². The molecule has 0 amide bonds. The Bertz CT molecular complexity index is 2020. The van der Waals surface area contributed by atoms with Crippen molar-refractivity contribution >= 4 is 23.9 Å². The number of ether oxygens (including phenoxy) is 4. The average molecular weight is 827 g/mol. The summed E-state index contributed by atoms with van der Waals surface area (Å²) in [7, 11) is 0. The maximum Gasteiger partial charge on any atom is 0.333 e. The van der Waals surface area contributed by atoms with E-state index in [2.05, 4.69) is 81.8 Å². The molecule has 285 valence electrons. The van der Waals surface area contributed by atoms with Crippen LogP contribution in [-0.4, -0.2) is 36.1 Å². The zero-order chi connectivity index (χ0) is 39.6. The number of benzene rings is 4. The Morgan fingerprint density at radius 2 is 1.16 bits per heavy atom. The molecule has 0 aliphatic carbocycles. The second-order valence-corrected chi connectivity index (χ2v) is 13.9. The first kappa shape index (κ1) is 43.6. The van der Waals surface area contributed by atoms with Crippen molar-refractivity contribution in [2.24, 2.45) is 0 Å². The van der Waals surface area contributed by atoms with Gasteiger partial charge in [0.25, 0.3) is 0 Å².